The van der Waals surface area contributed by atoms with Crippen LogP contribution in [-0.2, 0) is 0 Å². The molecule has 0 aliphatic rings. The van der Waals surface area contributed by atoms with E-state index in [-0.39, 0.29) is 4.75 Å². The Balaban J connectivity index is 2.78. The number of aromatic carboxylic acids is 1. The van der Waals surface area contributed by atoms with Crippen LogP contribution in [0, 0.1) is 0 Å². The lowest BCUT2D eigenvalue weighted by molar-refractivity contribution is 0.0698. The molecular formula is C12H17NO2S. The number of hydrogen-bond acceptors (Lipinski definition) is 3. The standard InChI is InChI=1S/C12H17NO2S/c1-12(2,16-3)8-13-10-7-5-4-6-9(10)11(14)15/h4-7,13H,8H2,1-3H3,(H,14,15). The molecule has 0 heterocycles. The molecule has 0 amide bonds. The molecule has 0 saturated heterocycles. The molecule has 0 unspecified atom stereocenters. The van der Waals surface area contributed by atoms with Crippen molar-refractivity contribution in [2.75, 3.05) is 18.1 Å². The summed E-state index contributed by atoms with van der Waals surface area (Å²) in [7, 11) is 0. The Morgan fingerprint density at radius 3 is 2.62 bits per heavy atom. The number of carboxylic acids is 1. The van der Waals surface area contributed by atoms with Crippen molar-refractivity contribution in [3.05, 3.63) is 29.8 Å². The topological polar surface area (TPSA) is 49.3 Å². The van der Waals surface area contributed by atoms with Gasteiger partial charge in [-0.15, -0.1) is 0 Å². The van der Waals surface area contributed by atoms with Crippen molar-refractivity contribution in [3.8, 4) is 0 Å². The number of carboxylic acid groups (broad SMARTS) is 1. The zero-order valence-electron chi connectivity index (χ0n) is 9.78. The van der Waals surface area contributed by atoms with Crippen molar-refractivity contribution in [2.24, 2.45) is 0 Å². The quantitative estimate of drug-likeness (QED) is 0.829. The first-order valence-corrected chi connectivity index (χ1v) is 6.30. The molecule has 0 spiro atoms. The fraction of sp³-hybridized carbons (Fsp3) is 0.417. The second-order valence-corrected chi connectivity index (χ2v) is 5.68. The van der Waals surface area contributed by atoms with Crippen molar-refractivity contribution in [1.29, 1.82) is 0 Å². The van der Waals surface area contributed by atoms with E-state index < -0.39 is 5.97 Å². The largest absolute Gasteiger partial charge is 0.478 e. The van der Waals surface area contributed by atoms with Crippen LogP contribution < -0.4 is 5.32 Å². The molecule has 16 heavy (non-hydrogen) atoms. The summed E-state index contributed by atoms with van der Waals surface area (Å²) in [5.74, 6) is -0.898. The van der Waals surface area contributed by atoms with Crippen molar-refractivity contribution in [1.82, 2.24) is 0 Å². The third-order valence-electron chi connectivity index (χ3n) is 2.41. The summed E-state index contributed by atoms with van der Waals surface area (Å²) in [6, 6.07) is 6.96. The highest BCUT2D eigenvalue weighted by molar-refractivity contribution is 7.99. The zero-order chi connectivity index (χ0) is 12.2. The number of thioether (sulfide) groups is 1. The molecule has 4 heteroatoms. The van der Waals surface area contributed by atoms with Gasteiger partial charge in [0.05, 0.1) is 5.56 Å². The zero-order valence-corrected chi connectivity index (χ0v) is 10.6. The van der Waals surface area contributed by atoms with Crippen LogP contribution in [0.5, 0.6) is 0 Å². The molecule has 2 N–H and O–H groups in total. The third kappa shape index (κ3) is 3.45. The molecule has 0 aliphatic carbocycles. The summed E-state index contributed by atoms with van der Waals surface area (Å²) in [6.45, 7) is 4.97. The van der Waals surface area contributed by atoms with Crippen LogP contribution in [-0.4, -0.2) is 28.6 Å². The molecule has 0 saturated carbocycles. The molecule has 0 aliphatic heterocycles. The van der Waals surface area contributed by atoms with E-state index in [2.05, 4.69) is 19.2 Å². The van der Waals surface area contributed by atoms with Gasteiger partial charge in [-0.1, -0.05) is 12.1 Å². The Labute approximate surface area is 100 Å². The van der Waals surface area contributed by atoms with Crippen LogP contribution in [0.2, 0.25) is 0 Å². The molecule has 0 atom stereocenters. The van der Waals surface area contributed by atoms with Gasteiger partial charge in [-0.25, -0.2) is 4.79 Å². The second kappa shape index (κ2) is 5.25. The molecule has 1 aromatic rings. The van der Waals surface area contributed by atoms with Gasteiger partial charge in [-0.2, -0.15) is 11.8 Å². The first kappa shape index (κ1) is 12.9. The van der Waals surface area contributed by atoms with Gasteiger partial charge in [-0.3, -0.25) is 0 Å². The third-order valence-corrected chi connectivity index (χ3v) is 3.66. The Bertz CT molecular complexity index is 377. The number of hydrogen-bond donors (Lipinski definition) is 2. The van der Waals surface area contributed by atoms with E-state index in [0.717, 1.165) is 6.54 Å². The van der Waals surface area contributed by atoms with E-state index in [1.807, 2.05) is 12.3 Å². The van der Waals surface area contributed by atoms with E-state index in [9.17, 15) is 4.79 Å². The summed E-state index contributed by atoms with van der Waals surface area (Å²) in [4.78, 5) is 11.0. The van der Waals surface area contributed by atoms with Gasteiger partial charge >= 0.3 is 5.97 Å². The van der Waals surface area contributed by atoms with Crippen LogP contribution >= 0.6 is 11.8 Å². The highest BCUT2D eigenvalue weighted by Crippen LogP contribution is 2.23. The predicted octanol–water partition coefficient (Wildman–Crippen LogP) is 2.94. The molecule has 0 bridgehead atoms. The monoisotopic (exact) mass is 239 g/mol. The molecule has 88 valence electrons. The van der Waals surface area contributed by atoms with E-state index in [4.69, 9.17) is 5.11 Å². The van der Waals surface area contributed by atoms with Crippen molar-refractivity contribution in [3.63, 3.8) is 0 Å². The van der Waals surface area contributed by atoms with Crippen LogP contribution in [0.25, 0.3) is 0 Å². The summed E-state index contributed by atoms with van der Waals surface area (Å²) < 4.78 is 0.0889. The molecule has 1 rings (SSSR count). The number of anilines is 1. The lowest BCUT2D eigenvalue weighted by Gasteiger charge is -2.23. The smallest absolute Gasteiger partial charge is 0.337 e. The van der Waals surface area contributed by atoms with Crippen LogP contribution in [0.1, 0.15) is 24.2 Å². The maximum Gasteiger partial charge on any atom is 0.337 e. The summed E-state index contributed by atoms with van der Waals surface area (Å²) in [6.07, 6.45) is 2.05. The van der Waals surface area contributed by atoms with Crippen LogP contribution in [0.15, 0.2) is 24.3 Å². The van der Waals surface area contributed by atoms with Crippen LogP contribution in [0.3, 0.4) is 0 Å². The lowest BCUT2D eigenvalue weighted by atomic mass is 10.1. The SMILES string of the molecule is CSC(C)(C)CNc1ccccc1C(=O)O. The minimum absolute atomic E-state index is 0.0889. The lowest BCUT2D eigenvalue weighted by Crippen LogP contribution is -2.26. The van der Waals surface area contributed by atoms with Crippen molar-refractivity contribution >= 4 is 23.4 Å². The average molecular weight is 239 g/mol. The number of nitrogens with one attached hydrogen (secondary N) is 1. The molecule has 1 aromatic carbocycles. The minimum Gasteiger partial charge on any atom is -0.478 e. The summed E-state index contributed by atoms with van der Waals surface area (Å²) in [5.41, 5.74) is 0.997. The predicted molar refractivity (Wildman–Crippen MR) is 69.5 cm³/mol. The fourth-order valence-electron chi connectivity index (χ4n) is 1.20. The van der Waals surface area contributed by atoms with Crippen molar-refractivity contribution < 1.29 is 9.90 Å². The number of benzene rings is 1. The van der Waals surface area contributed by atoms with E-state index in [0.29, 0.717) is 11.3 Å². The van der Waals surface area contributed by atoms with Gasteiger partial charge in [0.2, 0.25) is 0 Å². The summed E-state index contributed by atoms with van der Waals surface area (Å²) >= 11 is 1.75. The Kier molecular flexibility index (Phi) is 4.24. The summed E-state index contributed by atoms with van der Waals surface area (Å²) in [5, 5.41) is 12.2. The molecule has 3 nitrogen and oxygen atoms in total. The molecule has 0 radical (unpaired) electrons. The number of carbonyl (C=O) groups is 1. The highest BCUT2D eigenvalue weighted by Gasteiger charge is 2.17. The van der Waals surface area contributed by atoms with Gasteiger partial charge in [0.25, 0.3) is 0 Å². The minimum atomic E-state index is -0.898. The maximum absolute atomic E-state index is 11.0. The normalized spacial score (nSPS) is 11.2. The van der Waals surface area contributed by atoms with Crippen molar-refractivity contribution in [2.45, 2.75) is 18.6 Å². The first-order chi connectivity index (χ1) is 7.46. The number of rotatable bonds is 5. The maximum atomic E-state index is 11.0. The highest BCUT2D eigenvalue weighted by atomic mass is 32.2. The van der Waals surface area contributed by atoms with Gasteiger partial charge in [0, 0.05) is 17.0 Å². The fourth-order valence-corrected chi connectivity index (χ4v) is 1.42. The van der Waals surface area contributed by atoms with Gasteiger partial charge in [0.15, 0.2) is 0 Å². The average Bonchev–Trinajstić information content (AvgIpc) is 2.27. The van der Waals surface area contributed by atoms with E-state index >= 15 is 0 Å². The molecule has 0 aromatic heterocycles. The number of para-hydroxylation sites is 1. The Morgan fingerprint density at radius 2 is 2.06 bits per heavy atom. The van der Waals surface area contributed by atoms with E-state index in [1.165, 1.54) is 0 Å². The Hall–Kier alpha value is -1.16. The Morgan fingerprint density at radius 1 is 1.44 bits per heavy atom. The van der Waals surface area contributed by atoms with Crippen LogP contribution in [0.4, 0.5) is 5.69 Å². The van der Waals surface area contributed by atoms with Gasteiger partial charge < -0.3 is 10.4 Å². The first-order valence-electron chi connectivity index (χ1n) is 5.07. The van der Waals surface area contributed by atoms with E-state index in [1.54, 1.807) is 30.0 Å². The second-order valence-electron chi connectivity index (χ2n) is 4.17. The molecule has 0 fully saturated rings. The van der Waals surface area contributed by atoms with Gasteiger partial charge in [-0.05, 0) is 32.2 Å². The van der Waals surface area contributed by atoms with Gasteiger partial charge in [0.1, 0.15) is 0 Å². The molecular weight excluding hydrogens is 222 g/mol.